The molecule has 1 heterocycles. The third-order valence-electron chi connectivity index (χ3n) is 6.83. The highest BCUT2D eigenvalue weighted by molar-refractivity contribution is 5.88. The Morgan fingerprint density at radius 1 is 0.971 bits per heavy atom. The fourth-order valence-corrected chi connectivity index (χ4v) is 4.74. The molecule has 0 radical (unpaired) electrons. The molecule has 1 amide bonds. The van der Waals surface area contributed by atoms with E-state index in [9.17, 15) is 14.4 Å². The second-order valence-electron chi connectivity index (χ2n) is 9.09. The molecule has 3 aromatic carbocycles. The van der Waals surface area contributed by atoms with Crippen LogP contribution in [0.25, 0.3) is 11.1 Å². The van der Waals surface area contributed by atoms with Crippen molar-refractivity contribution < 1.29 is 19.5 Å². The molecular weight excluding hydrogens is 426 g/mol. The minimum absolute atomic E-state index is 0.0694. The molecule has 1 aliphatic rings. The summed E-state index contributed by atoms with van der Waals surface area (Å²) in [6, 6.07) is 23.1. The molecule has 0 aromatic heterocycles. The molecule has 1 saturated heterocycles. The number of hydrogen-bond donors (Lipinski definition) is 1. The van der Waals surface area contributed by atoms with Crippen molar-refractivity contribution in [2.45, 2.75) is 32.1 Å². The van der Waals surface area contributed by atoms with Crippen LogP contribution in [-0.4, -0.2) is 41.3 Å². The Morgan fingerprint density at radius 3 is 2.18 bits per heavy atom. The van der Waals surface area contributed by atoms with Crippen LogP contribution in [0.1, 0.15) is 52.2 Å². The average molecular weight is 456 g/mol. The smallest absolute Gasteiger partial charge is 0.335 e. The van der Waals surface area contributed by atoms with E-state index in [-0.39, 0.29) is 29.1 Å². The van der Waals surface area contributed by atoms with E-state index in [1.54, 1.807) is 24.1 Å². The SMILES string of the molecule is Cc1ccccc1C(CC(=O)C1CCC(=O)N(C)C1)c1ccc(-c2ccc(C(=O)O)cc2)cc1. The zero-order valence-electron chi connectivity index (χ0n) is 19.5. The van der Waals surface area contributed by atoms with Gasteiger partial charge in [0.1, 0.15) is 5.78 Å². The van der Waals surface area contributed by atoms with Crippen molar-refractivity contribution in [3.63, 3.8) is 0 Å². The molecule has 1 N–H and O–H groups in total. The highest BCUT2D eigenvalue weighted by atomic mass is 16.4. The van der Waals surface area contributed by atoms with E-state index in [1.165, 1.54) is 0 Å². The van der Waals surface area contributed by atoms with Gasteiger partial charge in [-0.15, -0.1) is 0 Å². The molecule has 3 aromatic rings. The predicted molar refractivity (Wildman–Crippen MR) is 132 cm³/mol. The number of benzene rings is 3. The second-order valence-corrected chi connectivity index (χ2v) is 9.09. The molecule has 5 heteroatoms. The van der Waals surface area contributed by atoms with Crippen LogP contribution < -0.4 is 0 Å². The quantitative estimate of drug-likeness (QED) is 0.523. The molecule has 34 heavy (non-hydrogen) atoms. The van der Waals surface area contributed by atoms with Crippen molar-refractivity contribution in [3.8, 4) is 11.1 Å². The van der Waals surface area contributed by atoms with Gasteiger partial charge < -0.3 is 10.0 Å². The molecule has 0 spiro atoms. The number of ketones is 1. The highest BCUT2D eigenvalue weighted by Gasteiger charge is 2.30. The Bertz CT molecular complexity index is 1200. The molecule has 1 aliphatic heterocycles. The van der Waals surface area contributed by atoms with E-state index in [0.29, 0.717) is 25.8 Å². The van der Waals surface area contributed by atoms with Gasteiger partial charge >= 0.3 is 5.97 Å². The summed E-state index contributed by atoms with van der Waals surface area (Å²) in [5.74, 6) is -0.838. The largest absolute Gasteiger partial charge is 0.478 e. The summed E-state index contributed by atoms with van der Waals surface area (Å²) in [4.78, 5) is 38.0. The number of piperidine rings is 1. The van der Waals surface area contributed by atoms with Crippen LogP contribution in [0.3, 0.4) is 0 Å². The first-order valence-electron chi connectivity index (χ1n) is 11.6. The number of Topliss-reactive ketones (excluding diaryl/α,β-unsaturated/α-hetero) is 1. The fraction of sp³-hybridized carbons (Fsp3) is 0.276. The lowest BCUT2D eigenvalue weighted by Crippen LogP contribution is -2.40. The molecular formula is C29H29NO4. The van der Waals surface area contributed by atoms with Crippen molar-refractivity contribution in [1.29, 1.82) is 0 Å². The summed E-state index contributed by atoms with van der Waals surface area (Å²) in [6.07, 6.45) is 1.44. The van der Waals surface area contributed by atoms with E-state index >= 15 is 0 Å². The Balaban J connectivity index is 1.60. The molecule has 174 valence electrons. The monoisotopic (exact) mass is 455 g/mol. The molecule has 2 unspecified atom stereocenters. The highest BCUT2D eigenvalue weighted by Crippen LogP contribution is 2.34. The molecule has 1 fully saturated rings. The summed E-state index contributed by atoms with van der Waals surface area (Å²) in [5, 5.41) is 9.12. The van der Waals surface area contributed by atoms with E-state index < -0.39 is 5.97 Å². The number of rotatable bonds is 7. The van der Waals surface area contributed by atoms with Gasteiger partial charge in [-0.3, -0.25) is 9.59 Å². The van der Waals surface area contributed by atoms with Crippen LogP contribution in [0.4, 0.5) is 0 Å². The zero-order valence-corrected chi connectivity index (χ0v) is 19.5. The Kier molecular flexibility index (Phi) is 6.92. The molecule has 5 nitrogen and oxygen atoms in total. The number of hydrogen-bond acceptors (Lipinski definition) is 3. The molecule has 0 saturated carbocycles. The lowest BCUT2D eigenvalue weighted by atomic mass is 9.80. The van der Waals surface area contributed by atoms with Crippen molar-refractivity contribution >= 4 is 17.7 Å². The first kappa shape index (κ1) is 23.4. The van der Waals surface area contributed by atoms with Gasteiger partial charge in [0.15, 0.2) is 0 Å². The minimum Gasteiger partial charge on any atom is -0.478 e. The molecule has 0 bridgehead atoms. The van der Waals surface area contributed by atoms with Gasteiger partial charge in [0.2, 0.25) is 5.91 Å². The van der Waals surface area contributed by atoms with Crippen LogP contribution >= 0.6 is 0 Å². The van der Waals surface area contributed by atoms with Gasteiger partial charge in [0, 0.05) is 38.3 Å². The van der Waals surface area contributed by atoms with Gasteiger partial charge in [-0.05, 0) is 53.3 Å². The summed E-state index contributed by atoms with van der Waals surface area (Å²) in [7, 11) is 1.77. The molecule has 0 aliphatic carbocycles. The first-order chi connectivity index (χ1) is 16.3. The summed E-state index contributed by atoms with van der Waals surface area (Å²) in [5.41, 5.74) is 5.53. The fourth-order valence-electron chi connectivity index (χ4n) is 4.74. The summed E-state index contributed by atoms with van der Waals surface area (Å²) < 4.78 is 0. The van der Waals surface area contributed by atoms with Crippen molar-refractivity contribution in [1.82, 2.24) is 4.90 Å². The van der Waals surface area contributed by atoms with Crippen LogP contribution in [0.5, 0.6) is 0 Å². The number of carboxylic acids is 1. The van der Waals surface area contributed by atoms with Gasteiger partial charge in [0.05, 0.1) is 5.56 Å². The van der Waals surface area contributed by atoms with Gasteiger partial charge in [-0.1, -0.05) is 60.7 Å². The number of aryl methyl sites for hydroxylation is 1. The zero-order chi connectivity index (χ0) is 24.2. The number of carbonyl (C=O) groups is 3. The Hall–Kier alpha value is -3.73. The van der Waals surface area contributed by atoms with Gasteiger partial charge in [-0.2, -0.15) is 0 Å². The van der Waals surface area contributed by atoms with E-state index in [0.717, 1.165) is 27.8 Å². The summed E-state index contributed by atoms with van der Waals surface area (Å²) >= 11 is 0. The standard InChI is InChI=1S/C29H29NO4/c1-19-5-3-4-6-25(19)26(17-27(31)24-15-16-28(32)30(2)18-24)22-11-7-20(8-12-22)21-9-13-23(14-10-21)29(33)34/h3-14,24,26H,15-18H2,1-2H3,(H,33,34). The van der Waals surface area contributed by atoms with Crippen molar-refractivity contribution in [2.75, 3.05) is 13.6 Å². The summed E-state index contributed by atoms with van der Waals surface area (Å²) in [6.45, 7) is 2.56. The van der Waals surface area contributed by atoms with Crippen LogP contribution in [0.15, 0.2) is 72.8 Å². The number of amides is 1. The van der Waals surface area contributed by atoms with Crippen molar-refractivity contribution in [3.05, 3.63) is 95.1 Å². The second kappa shape index (κ2) is 10.0. The maximum absolute atomic E-state index is 13.3. The number of likely N-dealkylation sites (tertiary alicyclic amines) is 1. The minimum atomic E-state index is -0.943. The molecule has 2 atom stereocenters. The lowest BCUT2D eigenvalue weighted by Gasteiger charge is -2.30. The predicted octanol–water partition coefficient (Wildman–Crippen LogP) is 5.32. The number of nitrogens with zero attached hydrogens (tertiary/aromatic N) is 1. The third-order valence-corrected chi connectivity index (χ3v) is 6.83. The third kappa shape index (κ3) is 5.09. The van der Waals surface area contributed by atoms with Crippen molar-refractivity contribution in [2.24, 2.45) is 5.92 Å². The van der Waals surface area contributed by atoms with E-state index in [4.69, 9.17) is 5.11 Å². The van der Waals surface area contributed by atoms with Crippen LogP contribution in [-0.2, 0) is 9.59 Å². The lowest BCUT2D eigenvalue weighted by molar-refractivity contribution is -0.136. The maximum Gasteiger partial charge on any atom is 0.335 e. The maximum atomic E-state index is 13.3. The van der Waals surface area contributed by atoms with Gasteiger partial charge in [0.25, 0.3) is 0 Å². The average Bonchev–Trinajstić information content (AvgIpc) is 2.85. The van der Waals surface area contributed by atoms with Crippen LogP contribution in [0, 0.1) is 12.8 Å². The first-order valence-corrected chi connectivity index (χ1v) is 11.6. The topological polar surface area (TPSA) is 74.7 Å². The van der Waals surface area contributed by atoms with E-state index in [2.05, 4.69) is 31.2 Å². The Morgan fingerprint density at radius 2 is 1.59 bits per heavy atom. The number of aromatic carboxylic acids is 1. The number of carboxylic acid groups (broad SMARTS) is 1. The number of carbonyl (C=O) groups excluding carboxylic acids is 2. The normalized spacial score (nSPS) is 16.8. The van der Waals surface area contributed by atoms with Gasteiger partial charge in [-0.25, -0.2) is 4.79 Å². The Labute approximate surface area is 200 Å². The van der Waals surface area contributed by atoms with Crippen LogP contribution in [0.2, 0.25) is 0 Å². The molecule has 4 rings (SSSR count). The van der Waals surface area contributed by atoms with E-state index in [1.807, 2.05) is 36.4 Å².